The molecule has 1 aromatic carbocycles. The number of halogens is 3. The van der Waals surface area contributed by atoms with E-state index in [0.717, 1.165) is 12.1 Å². The van der Waals surface area contributed by atoms with Gasteiger partial charge in [-0.1, -0.05) is 6.07 Å². The summed E-state index contributed by atoms with van der Waals surface area (Å²) in [4.78, 5) is 15.1. The minimum absolute atomic E-state index is 0.0236. The van der Waals surface area contributed by atoms with Crippen molar-refractivity contribution in [3.8, 4) is 0 Å². The van der Waals surface area contributed by atoms with Crippen molar-refractivity contribution in [3.63, 3.8) is 0 Å². The van der Waals surface area contributed by atoms with Crippen molar-refractivity contribution in [2.75, 3.05) is 19.0 Å². The summed E-state index contributed by atoms with van der Waals surface area (Å²) >= 11 is 1.20. The summed E-state index contributed by atoms with van der Waals surface area (Å²) in [6, 6.07) is 4.49. The summed E-state index contributed by atoms with van der Waals surface area (Å²) in [5.74, 6) is -3.52. The third-order valence-corrected chi connectivity index (χ3v) is 5.32. The molecule has 0 radical (unpaired) electrons. The number of thioether (sulfide) groups is 1. The molecule has 0 saturated carbocycles. The van der Waals surface area contributed by atoms with Gasteiger partial charge in [0.1, 0.15) is 11.5 Å². The standard InChI is InChI=1S/C18H17F3N2O3S/c19-11-2-3-12(20)16(21)15(11)17(27-8-5-14-25-6-7-26-14)10-1-4-13(18(22)24)23-9-10/h1-4,9,14,17H,5-8H2,(H2,22,24). The van der Waals surface area contributed by atoms with E-state index in [1.165, 1.54) is 30.1 Å². The van der Waals surface area contributed by atoms with Gasteiger partial charge in [0.15, 0.2) is 17.9 Å². The molecule has 9 heteroatoms. The van der Waals surface area contributed by atoms with E-state index in [0.29, 0.717) is 31.0 Å². The smallest absolute Gasteiger partial charge is 0.267 e. The molecule has 2 aromatic rings. The van der Waals surface area contributed by atoms with Crippen LogP contribution in [-0.4, -0.2) is 36.1 Å². The van der Waals surface area contributed by atoms with Crippen molar-refractivity contribution in [1.82, 2.24) is 4.98 Å². The SMILES string of the molecule is NC(=O)c1ccc(C(SCCC2OCCO2)c2c(F)ccc(F)c2F)cn1. The number of hydrogen-bond donors (Lipinski definition) is 1. The topological polar surface area (TPSA) is 74.4 Å². The van der Waals surface area contributed by atoms with Gasteiger partial charge in [-0.2, -0.15) is 0 Å². The predicted octanol–water partition coefficient (Wildman–Crippen LogP) is 3.18. The fraction of sp³-hybridized carbons (Fsp3) is 0.333. The van der Waals surface area contributed by atoms with Gasteiger partial charge in [-0.3, -0.25) is 9.78 Å². The molecule has 5 nitrogen and oxygen atoms in total. The van der Waals surface area contributed by atoms with Crippen LogP contribution in [-0.2, 0) is 9.47 Å². The lowest BCUT2D eigenvalue weighted by Gasteiger charge is -2.20. The first kappa shape index (κ1) is 19.7. The van der Waals surface area contributed by atoms with Gasteiger partial charge in [0.25, 0.3) is 5.91 Å². The Balaban J connectivity index is 1.88. The maximum atomic E-state index is 14.4. The highest BCUT2D eigenvalue weighted by Crippen LogP contribution is 2.39. The van der Waals surface area contributed by atoms with E-state index in [9.17, 15) is 18.0 Å². The summed E-state index contributed by atoms with van der Waals surface area (Å²) in [7, 11) is 0. The minimum atomic E-state index is -1.25. The molecular formula is C18H17F3N2O3S. The Morgan fingerprint density at radius 1 is 1.19 bits per heavy atom. The Labute approximate surface area is 158 Å². The monoisotopic (exact) mass is 398 g/mol. The molecule has 1 atom stereocenters. The predicted molar refractivity (Wildman–Crippen MR) is 93.7 cm³/mol. The second-order valence-electron chi connectivity index (χ2n) is 5.81. The van der Waals surface area contributed by atoms with Crippen molar-refractivity contribution >= 4 is 17.7 Å². The summed E-state index contributed by atoms with van der Waals surface area (Å²) in [5, 5.41) is -0.864. The number of pyridine rings is 1. The molecule has 1 aliphatic heterocycles. The Morgan fingerprint density at radius 2 is 1.89 bits per heavy atom. The second-order valence-corrected chi connectivity index (χ2v) is 7.02. The van der Waals surface area contributed by atoms with E-state index in [4.69, 9.17) is 15.2 Å². The highest BCUT2D eigenvalue weighted by atomic mass is 32.2. The lowest BCUT2D eigenvalue weighted by atomic mass is 10.0. The van der Waals surface area contributed by atoms with Crippen LogP contribution in [0.15, 0.2) is 30.5 Å². The molecule has 2 N–H and O–H groups in total. The van der Waals surface area contributed by atoms with Crippen LogP contribution in [0.2, 0.25) is 0 Å². The Bertz CT molecular complexity index is 814. The highest BCUT2D eigenvalue weighted by Gasteiger charge is 2.26. The molecule has 0 spiro atoms. The zero-order chi connectivity index (χ0) is 19.4. The molecule has 144 valence electrons. The van der Waals surface area contributed by atoms with Crippen LogP contribution in [0.5, 0.6) is 0 Å². The molecule has 2 heterocycles. The molecule has 27 heavy (non-hydrogen) atoms. The summed E-state index contributed by atoms with van der Waals surface area (Å²) in [6.45, 7) is 1.01. The molecule has 1 aromatic heterocycles. The van der Waals surface area contributed by atoms with Crippen molar-refractivity contribution in [3.05, 3.63) is 64.7 Å². The lowest BCUT2D eigenvalue weighted by Crippen LogP contribution is -2.14. The second kappa shape index (κ2) is 8.73. The third-order valence-electron chi connectivity index (χ3n) is 4.01. The molecule has 1 saturated heterocycles. The maximum absolute atomic E-state index is 14.4. The van der Waals surface area contributed by atoms with Crippen LogP contribution in [0.1, 0.15) is 33.3 Å². The average Bonchev–Trinajstić information content (AvgIpc) is 3.17. The van der Waals surface area contributed by atoms with Crippen LogP contribution < -0.4 is 5.73 Å². The van der Waals surface area contributed by atoms with E-state index < -0.39 is 34.2 Å². The first-order valence-corrected chi connectivity index (χ1v) is 9.26. The molecule has 0 bridgehead atoms. The van der Waals surface area contributed by atoms with Crippen LogP contribution in [0.3, 0.4) is 0 Å². The third kappa shape index (κ3) is 4.60. The molecule has 0 aliphatic carbocycles. The maximum Gasteiger partial charge on any atom is 0.267 e. The number of nitrogens with zero attached hydrogens (tertiary/aromatic N) is 1. The van der Waals surface area contributed by atoms with Crippen LogP contribution in [0.4, 0.5) is 13.2 Å². The van der Waals surface area contributed by atoms with Crippen molar-refractivity contribution < 1.29 is 27.4 Å². The molecule has 3 rings (SSSR count). The van der Waals surface area contributed by atoms with E-state index in [-0.39, 0.29) is 12.0 Å². The fourth-order valence-electron chi connectivity index (χ4n) is 2.69. The molecular weight excluding hydrogens is 381 g/mol. The minimum Gasteiger partial charge on any atom is -0.364 e. The van der Waals surface area contributed by atoms with Crippen molar-refractivity contribution in [2.24, 2.45) is 5.73 Å². The van der Waals surface area contributed by atoms with Gasteiger partial charge in [-0.25, -0.2) is 13.2 Å². The first-order valence-electron chi connectivity index (χ1n) is 8.21. The number of aromatic nitrogens is 1. The summed E-state index contributed by atoms with van der Waals surface area (Å²) in [6.07, 6.45) is 1.45. The fourth-order valence-corrected chi connectivity index (χ4v) is 3.97. The normalized spacial score (nSPS) is 15.8. The molecule has 1 aliphatic rings. The zero-order valence-corrected chi connectivity index (χ0v) is 15.0. The van der Waals surface area contributed by atoms with Crippen LogP contribution in [0, 0.1) is 17.5 Å². The molecule has 1 unspecified atom stereocenters. The van der Waals surface area contributed by atoms with Gasteiger partial charge in [0, 0.05) is 18.2 Å². The van der Waals surface area contributed by atoms with E-state index >= 15 is 0 Å². The van der Waals surface area contributed by atoms with E-state index in [2.05, 4.69) is 4.98 Å². The number of nitrogens with two attached hydrogens (primary N) is 1. The number of amides is 1. The Hall–Kier alpha value is -2.10. The highest BCUT2D eigenvalue weighted by molar-refractivity contribution is 7.99. The lowest BCUT2D eigenvalue weighted by molar-refractivity contribution is -0.0421. The number of ether oxygens (including phenoxy) is 2. The summed E-state index contributed by atoms with van der Waals surface area (Å²) in [5.41, 5.74) is 5.21. The van der Waals surface area contributed by atoms with Gasteiger partial charge < -0.3 is 15.2 Å². The zero-order valence-electron chi connectivity index (χ0n) is 14.2. The average molecular weight is 398 g/mol. The largest absolute Gasteiger partial charge is 0.364 e. The number of hydrogen-bond acceptors (Lipinski definition) is 5. The Morgan fingerprint density at radius 3 is 2.52 bits per heavy atom. The number of primary amides is 1. The van der Waals surface area contributed by atoms with E-state index in [1.54, 1.807) is 0 Å². The molecule has 1 fully saturated rings. The van der Waals surface area contributed by atoms with Gasteiger partial charge >= 0.3 is 0 Å². The van der Waals surface area contributed by atoms with Gasteiger partial charge in [0.05, 0.1) is 18.5 Å². The number of rotatable bonds is 7. The Kier molecular flexibility index (Phi) is 6.35. The number of carbonyl (C=O) groups excluding carboxylic acids is 1. The van der Waals surface area contributed by atoms with Gasteiger partial charge in [-0.05, 0) is 29.5 Å². The van der Waals surface area contributed by atoms with Crippen LogP contribution in [0.25, 0.3) is 0 Å². The first-order chi connectivity index (χ1) is 13.0. The van der Waals surface area contributed by atoms with Crippen molar-refractivity contribution in [1.29, 1.82) is 0 Å². The van der Waals surface area contributed by atoms with Crippen LogP contribution >= 0.6 is 11.8 Å². The van der Waals surface area contributed by atoms with Gasteiger partial charge in [-0.15, -0.1) is 11.8 Å². The number of carbonyl (C=O) groups is 1. The number of benzene rings is 1. The van der Waals surface area contributed by atoms with Crippen molar-refractivity contribution in [2.45, 2.75) is 18.0 Å². The molecule has 1 amide bonds. The summed E-state index contributed by atoms with van der Waals surface area (Å²) < 4.78 is 53.1. The van der Waals surface area contributed by atoms with Gasteiger partial charge in [0.2, 0.25) is 0 Å². The quantitative estimate of drug-likeness (QED) is 0.725. The van der Waals surface area contributed by atoms with E-state index in [1.807, 2.05) is 0 Å².